The zero-order valence-corrected chi connectivity index (χ0v) is 13.8. The monoisotopic (exact) mass is 309 g/mol. The maximum atomic E-state index is 4.84. The highest BCUT2D eigenvalue weighted by molar-refractivity contribution is 5.74. The summed E-state index contributed by atoms with van der Waals surface area (Å²) in [6.07, 6.45) is 3.68. The number of imidazole rings is 1. The molecule has 5 nitrogen and oxygen atoms in total. The second-order valence-corrected chi connectivity index (χ2v) is 6.53. The van der Waals surface area contributed by atoms with Crippen molar-refractivity contribution in [3.63, 3.8) is 0 Å². The van der Waals surface area contributed by atoms with Gasteiger partial charge in [0.1, 0.15) is 5.82 Å². The van der Waals surface area contributed by atoms with Crippen LogP contribution in [0.3, 0.4) is 0 Å². The summed E-state index contributed by atoms with van der Waals surface area (Å²) >= 11 is 0. The van der Waals surface area contributed by atoms with E-state index in [-0.39, 0.29) is 0 Å². The van der Waals surface area contributed by atoms with Crippen molar-refractivity contribution in [3.05, 3.63) is 47.0 Å². The van der Waals surface area contributed by atoms with Gasteiger partial charge in [-0.1, -0.05) is 18.6 Å². The molecule has 1 aromatic carbocycles. The predicted octanol–water partition coefficient (Wildman–Crippen LogP) is 3.63. The number of likely N-dealkylation sites (tertiary alicyclic amines) is 1. The maximum absolute atomic E-state index is 4.84. The average molecular weight is 309 g/mol. The van der Waals surface area contributed by atoms with E-state index < -0.39 is 0 Å². The molecule has 1 atom stereocenters. The number of H-pyrrole nitrogens is 2. The zero-order chi connectivity index (χ0) is 15.8. The Kier molecular flexibility index (Phi) is 3.65. The van der Waals surface area contributed by atoms with E-state index in [1.165, 1.54) is 24.1 Å². The standard InChI is InChI=1S/C18H23N5/c1-12-14(13(2)22-21-12)11-23-10-6-5-9-17(23)18-19-15-7-3-4-8-16(15)20-18/h3-4,7-8,17H,5-6,9-11H2,1-2H3,(H,19,20)(H,21,22)/t17-/m1/s1. The van der Waals surface area contributed by atoms with Gasteiger partial charge < -0.3 is 4.98 Å². The molecule has 1 aliphatic heterocycles. The van der Waals surface area contributed by atoms with Gasteiger partial charge in [-0.3, -0.25) is 10.00 Å². The summed E-state index contributed by atoms with van der Waals surface area (Å²) in [6, 6.07) is 8.64. The first-order chi connectivity index (χ1) is 11.2. The van der Waals surface area contributed by atoms with Gasteiger partial charge in [0.25, 0.3) is 0 Å². The number of para-hydroxylation sites is 2. The zero-order valence-electron chi connectivity index (χ0n) is 13.8. The number of nitrogens with one attached hydrogen (secondary N) is 2. The minimum Gasteiger partial charge on any atom is -0.341 e. The summed E-state index contributed by atoms with van der Waals surface area (Å²) in [5, 5.41) is 7.44. The molecule has 2 N–H and O–H groups in total. The van der Waals surface area contributed by atoms with Crippen molar-refractivity contribution in [1.82, 2.24) is 25.1 Å². The van der Waals surface area contributed by atoms with Crippen LogP contribution in [0.4, 0.5) is 0 Å². The van der Waals surface area contributed by atoms with E-state index in [0.29, 0.717) is 6.04 Å². The fourth-order valence-corrected chi connectivity index (χ4v) is 3.63. The van der Waals surface area contributed by atoms with E-state index in [0.717, 1.165) is 42.1 Å². The van der Waals surface area contributed by atoms with Crippen LogP contribution < -0.4 is 0 Å². The normalized spacial score (nSPS) is 19.5. The Labute approximate surface area is 136 Å². The molecule has 0 bridgehead atoms. The lowest BCUT2D eigenvalue weighted by atomic mass is 10.00. The van der Waals surface area contributed by atoms with E-state index in [2.05, 4.69) is 52.1 Å². The van der Waals surface area contributed by atoms with Crippen LogP contribution in [0.2, 0.25) is 0 Å². The van der Waals surface area contributed by atoms with Crippen LogP contribution in [0, 0.1) is 13.8 Å². The summed E-state index contributed by atoms with van der Waals surface area (Å²) in [7, 11) is 0. The van der Waals surface area contributed by atoms with Crippen molar-refractivity contribution in [2.75, 3.05) is 6.54 Å². The molecule has 3 aromatic rings. The van der Waals surface area contributed by atoms with Crippen LogP contribution in [-0.2, 0) is 6.54 Å². The molecule has 4 rings (SSSR count). The first-order valence-electron chi connectivity index (χ1n) is 8.41. The third-order valence-corrected chi connectivity index (χ3v) is 4.98. The molecule has 1 saturated heterocycles. The minimum absolute atomic E-state index is 0.366. The topological polar surface area (TPSA) is 60.6 Å². The summed E-state index contributed by atoms with van der Waals surface area (Å²) in [5.74, 6) is 1.10. The first-order valence-corrected chi connectivity index (χ1v) is 8.41. The Hall–Kier alpha value is -2.14. The minimum atomic E-state index is 0.366. The second-order valence-electron chi connectivity index (χ2n) is 6.53. The van der Waals surface area contributed by atoms with Crippen molar-refractivity contribution < 1.29 is 0 Å². The summed E-state index contributed by atoms with van der Waals surface area (Å²) < 4.78 is 0. The molecule has 120 valence electrons. The lowest BCUT2D eigenvalue weighted by Gasteiger charge is -2.34. The third kappa shape index (κ3) is 2.65. The van der Waals surface area contributed by atoms with Gasteiger partial charge in [-0.15, -0.1) is 0 Å². The van der Waals surface area contributed by atoms with Gasteiger partial charge in [0.2, 0.25) is 0 Å². The molecular formula is C18H23N5. The van der Waals surface area contributed by atoms with Crippen molar-refractivity contribution in [1.29, 1.82) is 0 Å². The Bertz CT molecular complexity index is 763. The number of aryl methyl sites for hydroxylation is 2. The van der Waals surface area contributed by atoms with Crippen molar-refractivity contribution >= 4 is 11.0 Å². The number of piperidine rings is 1. The molecule has 0 amide bonds. The van der Waals surface area contributed by atoms with Gasteiger partial charge in [-0.05, 0) is 45.4 Å². The van der Waals surface area contributed by atoms with Gasteiger partial charge >= 0.3 is 0 Å². The van der Waals surface area contributed by atoms with Crippen molar-refractivity contribution in [2.45, 2.75) is 45.7 Å². The molecule has 0 unspecified atom stereocenters. The maximum Gasteiger partial charge on any atom is 0.124 e. The summed E-state index contributed by atoms with van der Waals surface area (Å²) in [5.41, 5.74) is 5.80. The Balaban J connectivity index is 1.65. The van der Waals surface area contributed by atoms with Gasteiger partial charge in [0.05, 0.1) is 22.8 Å². The summed E-state index contributed by atoms with van der Waals surface area (Å²) in [6.45, 7) is 6.25. The fraction of sp³-hybridized carbons (Fsp3) is 0.444. The molecule has 0 spiro atoms. The Morgan fingerprint density at radius 3 is 2.87 bits per heavy atom. The van der Waals surface area contributed by atoms with Crippen LogP contribution in [0.25, 0.3) is 11.0 Å². The Morgan fingerprint density at radius 2 is 2.09 bits per heavy atom. The highest BCUT2D eigenvalue weighted by Crippen LogP contribution is 2.32. The van der Waals surface area contributed by atoms with Gasteiger partial charge in [-0.2, -0.15) is 5.10 Å². The van der Waals surface area contributed by atoms with Gasteiger partial charge in [0, 0.05) is 17.8 Å². The van der Waals surface area contributed by atoms with Crippen LogP contribution in [0.15, 0.2) is 24.3 Å². The number of fused-ring (bicyclic) bond motifs is 1. The van der Waals surface area contributed by atoms with E-state index in [4.69, 9.17) is 4.98 Å². The molecule has 1 aliphatic rings. The number of aromatic nitrogens is 4. The van der Waals surface area contributed by atoms with Crippen molar-refractivity contribution in [2.24, 2.45) is 0 Å². The van der Waals surface area contributed by atoms with Crippen LogP contribution >= 0.6 is 0 Å². The number of benzene rings is 1. The van der Waals surface area contributed by atoms with E-state index in [1.54, 1.807) is 0 Å². The molecule has 3 heterocycles. The quantitative estimate of drug-likeness (QED) is 0.776. The molecule has 0 aliphatic carbocycles. The van der Waals surface area contributed by atoms with E-state index in [9.17, 15) is 0 Å². The SMILES string of the molecule is Cc1n[nH]c(C)c1CN1CCCC[C@@H]1c1nc2ccccc2[nH]1. The molecule has 1 fully saturated rings. The van der Waals surface area contributed by atoms with Gasteiger partial charge in [0.15, 0.2) is 0 Å². The number of nitrogens with zero attached hydrogens (tertiary/aromatic N) is 3. The largest absolute Gasteiger partial charge is 0.341 e. The highest BCUT2D eigenvalue weighted by Gasteiger charge is 2.27. The highest BCUT2D eigenvalue weighted by atomic mass is 15.2. The molecule has 0 saturated carbocycles. The molecule has 5 heteroatoms. The number of rotatable bonds is 3. The number of hydrogen-bond donors (Lipinski definition) is 2. The molecule has 2 aromatic heterocycles. The first kappa shape index (κ1) is 14.5. The fourth-order valence-electron chi connectivity index (χ4n) is 3.63. The van der Waals surface area contributed by atoms with E-state index >= 15 is 0 Å². The number of aromatic amines is 2. The molecule has 0 radical (unpaired) electrons. The van der Waals surface area contributed by atoms with Crippen LogP contribution in [0.1, 0.15) is 48.1 Å². The molecular weight excluding hydrogens is 286 g/mol. The second kappa shape index (κ2) is 5.81. The van der Waals surface area contributed by atoms with Gasteiger partial charge in [-0.25, -0.2) is 4.98 Å². The lowest BCUT2D eigenvalue weighted by Crippen LogP contribution is -2.33. The summed E-state index contributed by atoms with van der Waals surface area (Å²) in [4.78, 5) is 10.9. The third-order valence-electron chi connectivity index (χ3n) is 4.98. The number of hydrogen-bond acceptors (Lipinski definition) is 3. The van der Waals surface area contributed by atoms with Crippen LogP contribution in [-0.4, -0.2) is 31.6 Å². The average Bonchev–Trinajstić information content (AvgIpc) is 3.13. The molecule has 23 heavy (non-hydrogen) atoms. The smallest absolute Gasteiger partial charge is 0.124 e. The van der Waals surface area contributed by atoms with Crippen LogP contribution in [0.5, 0.6) is 0 Å². The lowest BCUT2D eigenvalue weighted by molar-refractivity contribution is 0.134. The Morgan fingerprint density at radius 1 is 1.22 bits per heavy atom. The van der Waals surface area contributed by atoms with Crippen molar-refractivity contribution in [3.8, 4) is 0 Å². The predicted molar refractivity (Wildman–Crippen MR) is 91.2 cm³/mol. The van der Waals surface area contributed by atoms with E-state index in [1.807, 2.05) is 6.07 Å².